The number of phenols is 1. The first kappa shape index (κ1) is 15.9. The maximum atomic E-state index is 12.4. The molecule has 0 radical (unpaired) electrons. The molecule has 1 aromatic rings. The summed E-state index contributed by atoms with van der Waals surface area (Å²) < 4.78 is 0. The topological polar surface area (TPSA) is 40.5 Å². The predicted octanol–water partition coefficient (Wildman–Crippen LogP) is 4.27. The number of hydrogen-bond acceptors (Lipinski definition) is 2. The highest BCUT2D eigenvalue weighted by molar-refractivity contribution is 5.76. The zero-order valence-electron chi connectivity index (χ0n) is 13.2. The molecule has 0 bridgehead atoms. The summed E-state index contributed by atoms with van der Waals surface area (Å²) in [6, 6.07) is 7.16. The summed E-state index contributed by atoms with van der Waals surface area (Å²) in [5, 5.41) is 9.91. The van der Waals surface area contributed by atoms with Gasteiger partial charge in [-0.2, -0.15) is 0 Å². The van der Waals surface area contributed by atoms with Crippen LogP contribution in [0.4, 0.5) is 0 Å². The Morgan fingerprint density at radius 1 is 1.29 bits per heavy atom. The van der Waals surface area contributed by atoms with Gasteiger partial charge in [-0.3, -0.25) is 4.79 Å². The van der Waals surface area contributed by atoms with Gasteiger partial charge >= 0.3 is 0 Å². The molecular formula is C18H27NO2. The lowest BCUT2D eigenvalue weighted by Crippen LogP contribution is -2.30. The molecule has 1 N–H and O–H groups in total. The minimum atomic E-state index is -0.0925. The Hall–Kier alpha value is -1.51. The molecule has 0 saturated heterocycles. The molecule has 21 heavy (non-hydrogen) atoms. The Morgan fingerprint density at radius 2 is 1.95 bits per heavy atom. The van der Waals surface area contributed by atoms with Crippen molar-refractivity contribution in [2.24, 2.45) is 5.92 Å². The van der Waals surface area contributed by atoms with Crippen LogP contribution in [0.5, 0.6) is 5.75 Å². The number of carbonyl (C=O) groups excluding carboxylic acids is 1. The van der Waals surface area contributed by atoms with E-state index in [0.717, 1.165) is 17.9 Å². The molecule has 1 aromatic carbocycles. The van der Waals surface area contributed by atoms with Crippen molar-refractivity contribution < 1.29 is 9.90 Å². The van der Waals surface area contributed by atoms with Crippen LogP contribution in [0, 0.1) is 5.92 Å². The second kappa shape index (κ2) is 7.48. The van der Waals surface area contributed by atoms with Gasteiger partial charge in [-0.25, -0.2) is 0 Å². The SMILES string of the molecule is CC(c1ccccc1O)N(C)C(=O)CCC1CCCCC1. The molecule has 0 heterocycles. The average Bonchev–Trinajstić information content (AvgIpc) is 2.52. The molecule has 0 aliphatic heterocycles. The third-order valence-corrected chi connectivity index (χ3v) is 4.85. The molecule has 2 rings (SSSR count). The summed E-state index contributed by atoms with van der Waals surface area (Å²) >= 11 is 0. The standard InChI is InChI=1S/C18H27NO2/c1-14(16-10-6-7-11-17(16)20)19(2)18(21)13-12-15-8-4-3-5-9-15/h6-7,10-11,14-15,20H,3-5,8-9,12-13H2,1-2H3. The van der Waals surface area contributed by atoms with Crippen molar-refractivity contribution in [3.8, 4) is 5.75 Å². The Balaban J connectivity index is 1.88. The van der Waals surface area contributed by atoms with Crippen LogP contribution >= 0.6 is 0 Å². The number of rotatable bonds is 5. The maximum Gasteiger partial charge on any atom is 0.222 e. The summed E-state index contributed by atoms with van der Waals surface area (Å²) in [4.78, 5) is 14.1. The fourth-order valence-electron chi connectivity index (χ4n) is 3.25. The third kappa shape index (κ3) is 4.23. The summed E-state index contributed by atoms with van der Waals surface area (Å²) in [5.74, 6) is 1.17. The van der Waals surface area contributed by atoms with Gasteiger partial charge in [0.15, 0.2) is 0 Å². The van der Waals surface area contributed by atoms with Gasteiger partial charge in [0.2, 0.25) is 5.91 Å². The number of nitrogens with zero attached hydrogens (tertiary/aromatic N) is 1. The van der Waals surface area contributed by atoms with Crippen molar-refractivity contribution in [2.75, 3.05) is 7.05 Å². The lowest BCUT2D eigenvalue weighted by Gasteiger charge is -2.27. The van der Waals surface area contributed by atoms with Crippen LogP contribution in [0.2, 0.25) is 0 Å². The van der Waals surface area contributed by atoms with Gasteiger partial charge in [-0.15, -0.1) is 0 Å². The smallest absolute Gasteiger partial charge is 0.222 e. The number of para-hydroxylation sites is 1. The minimum Gasteiger partial charge on any atom is -0.508 e. The van der Waals surface area contributed by atoms with Crippen molar-refractivity contribution >= 4 is 5.91 Å². The summed E-state index contributed by atoms with van der Waals surface area (Å²) in [5.41, 5.74) is 0.811. The van der Waals surface area contributed by atoms with Crippen molar-refractivity contribution in [2.45, 2.75) is 57.9 Å². The fraction of sp³-hybridized carbons (Fsp3) is 0.611. The van der Waals surface area contributed by atoms with E-state index in [4.69, 9.17) is 0 Å². The number of hydrogen-bond donors (Lipinski definition) is 1. The van der Waals surface area contributed by atoms with Gasteiger partial charge in [0.05, 0.1) is 6.04 Å². The van der Waals surface area contributed by atoms with Gasteiger partial charge in [0.25, 0.3) is 0 Å². The molecule has 1 unspecified atom stereocenters. The van der Waals surface area contributed by atoms with Gasteiger partial charge in [-0.1, -0.05) is 50.3 Å². The maximum absolute atomic E-state index is 12.4. The van der Waals surface area contributed by atoms with E-state index in [9.17, 15) is 9.90 Å². The van der Waals surface area contributed by atoms with Crippen LogP contribution in [-0.4, -0.2) is 23.0 Å². The predicted molar refractivity (Wildman–Crippen MR) is 85.1 cm³/mol. The molecule has 3 heteroatoms. The van der Waals surface area contributed by atoms with E-state index >= 15 is 0 Å². The van der Waals surface area contributed by atoms with E-state index in [0.29, 0.717) is 6.42 Å². The number of benzene rings is 1. The zero-order valence-corrected chi connectivity index (χ0v) is 13.2. The van der Waals surface area contributed by atoms with Gasteiger partial charge in [0.1, 0.15) is 5.75 Å². The average molecular weight is 289 g/mol. The third-order valence-electron chi connectivity index (χ3n) is 4.85. The highest BCUT2D eigenvalue weighted by atomic mass is 16.3. The molecule has 1 amide bonds. The van der Waals surface area contributed by atoms with Crippen LogP contribution in [0.3, 0.4) is 0 Å². The molecule has 1 aliphatic rings. The highest BCUT2D eigenvalue weighted by Crippen LogP contribution is 2.30. The number of amides is 1. The van der Waals surface area contributed by atoms with Gasteiger partial charge < -0.3 is 10.0 Å². The van der Waals surface area contributed by atoms with E-state index in [2.05, 4.69) is 0 Å². The van der Waals surface area contributed by atoms with Crippen LogP contribution in [-0.2, 0) is 4.79 Å². The van der Waals surface area contributed by atoms with E-state index in [1.807, 2.05) is 26.1 Å². The van der Waals surface area contributed by atoms with E-state index < -0.39 is 0 Å². The summed E-state index contributed by atoms with van der Waals surface area (Å²) in [7, 11) is 1.83. The van der Waals surface area contributed by atoms with Gasteiger partial charge in [0, 0.05) is 19.0 Å². The Labute approximate surface area is 128 Å². The molecule has 0 aromatic heterocycles. The molecule has 0 spiro atoms. The molecule has 116 valence electrons. The normalized spacial score (nSPS) is 17.4. The fourth-order valence-corrected chi connectivity index (χ4v) is 3.25. The van der Waals surface area contributed by atoms with Crippen LogP contribution in [0.15, 0.2) is 24.3 Å². The van der Waals surface area contributed by atoms with Crippen LogP contribution in [0.25, 0.3) is 0 Å². The van der Waals surface area contributed by atoms with Crippen LogP contribution < -0.4 is 0 Å². The van der Waals surface area contributed by atoms with E-state index in [1.165, 1.54) is 32.1 Å². The van der Waals surface area contributed by atoms with Crippen molar-refractivity contribution in [1.82, 2.24) is 4.90 Å². The highest BCUT2D eigenvalue weighted by Gasteiger charge is 2.21. The van der Waals surface area contributed by atoms with E-state index in [-0.39, 0.29) is 17.7 Å². The van der Waals surface area contributed by atoms with Crippen LogP contribution in [0.1, 0.15) is 63.5 Å². The molecule has 1 aliphatic carbocycles. The molecule has 1 fully saturated rings. The van der Waals surface area contributed by atoms with Gasteiger partial charge in [-0.05, 0) is 25.3 Å². The lowest BCUT2D eigenvalue weighted by atomic mass is 9.86. The van der Waals surface area contributed by atoms with E-state index in [1.54, 1.807) is 17.0 Å². The Morgan fingerprint density at radius 3 is 2.62 bits per heavy atom. The Kier molecular flexibility index (Phi) is 5.66. The Bertz CT molecular complexity index is 466. The van der Waals surface area contributed by atoms with Crippen molar-refractivity contribution in [1.29, 1.82) is 0 Å². The summed E-state index contributed by atoms with van der Waals surface area (Å²) in [6.45, 7) is 1.97. The monoisotopic (exact) mass is 289 g/mol. The first-order valence-electron chi connectivity index (χ1n) is 8.13. The summed E-state index contributed by atoms with van der Waals surface area (Å²) in [6.07, 6.45) is 8.20. The molecular weight excluding hydrogens is 262 g/mol. The molecule has 3 nitrogen and oxygen atoms in total. The number of phenolic OH excluding ortho intramolecular Hbond substituents is 1. The largest absolute Gasteiger partial charge is 0.508 e. The first-order chi connectivity index (χ1) is 10.1. The number of aromatic hydroxyl groups is 1. The quantitative estimate of drug-likeness (QED) is 0.879. The van der Waals surface area contributed by atoms with Crippen molar-refractivity contribution in [3.05, 3.63) is 29.8 Å². The lowest BCUT2D eigenvalue weighted by molar-refractivity contribution is -0.132. The molecule has 1 saturated carbocycles. The second-order valence-corrected chi connectivity index (χ2v) is 6.28. The zero-order chi connectivity index (χ0) is 15.2. The first-order valence-corrected chi connectivity index (χ1v) is 8.13. The second-order valence-electron chi connectivity index (χ2n) is 6.28. The molecule has 1 atom stereocenters. The number of carbonyl (C=O) groups is 1. The minimum absolute atomic E-state index is 0.0925. The van der Waals surface area contributed by atoms with Crippen molar-refractivity contribution in [3.63, 3.8) is 0 Å².